The van der Waals surface area contributed by atoms with Crippen molar-refractivity contribution in [3.8, 4) is 0 Å². The quantitative estimate of drug-likeness (QED) is 0.771. The number of carbonyl (C=O) groups excluding carboxylic acids is 1. The summed E-state index contributed by atoms with van der Waals surface area (Å²) in [7, 11) is 1.71. The normalized spacial score (nSPS) is 18.8. The van der Waals surface area contributed by atoms with Gasteiger partial charge in [0.1, 0.15) is 0 Å². The molecule has 0 radical (unpaired) electrons. The molecule has 106 valence electrons. The summed E-state index contributed by atoms with van der Waals surface area (Å²) in [6.45, 7) is 10.5. The first kappa shape index (κ1) is 15.6. The maximum Gasteiger partial charge on any atom is 0.222 e. The van der Waals surface area contributed by atoms with E-state index in [1.807, 2.05) is 20.1 Å². The average molecular weight is 263 g/mol. The number of aliphatic imine (C=N–C) groups is 1. The monoisotopic (exact) mass is 263 g/mol. The number of allylic oxidation sites excluding steroid dienone is 2. The van der Waals surface area contributed by atoms with Crippen molar-refractivity contribution in [2.24, 2.45) is 10.9 Å². The van der Waals surface area contributed by atoms with Crippen LogP contribution in [0.4, 0.5) is 0 Å². The Hall–Kier alpha value is -1.42. The van der Waals surface area contributed by atoms with Crippen molar-refractivity contribution >= 4 is 12.1 Å². The largest absolute Gasteiger partial charge is 0.359 e. The second kappa shape index (κ2) is 7.89. The van der Waals surface area contributed by atoms with Crippen LogP contribution in [0, 0.1) is 5.92 Å². The molecule has 0 atom stereocenters. The molecule has 0 aromatic heterocycles. The predicted molar refractivity (Wildman–Crippen MR) is 80.3 cm³/mol. The Balaban J connectivity index is 2.43. The number of amides is 1. The molecule has 1 amide bonds. The topological polar surface area (TPSA) is 44.7 Å². The Morgan fingerprint density at radius 3 is 2.58 bits per heavy atom. The molecule has 1 aliphatic rings. The minimum Gasteiger partial charge on any atom is -0.359 e. The molecule has 0 aromatic rings. The fourth-order valence-electron chi connectivity index (χ4n) is 2.22. The summed E-state index contributed by atoms with van der Waals surface area (Å²) >= 11 is 0. The van der Waals surface area contributed by atoms with Gasteiger partial charge in [0.05, 0.1) is 0 Å². The van der Waals surface area contributed by atoms with Crippen LogP contribution in [0.15, 0.2) is 28.9 Å². The summed E-state index contributed by atoms with van der Waals surface area (Å²) in [5.41, 5.74) is 2.01. The number of carbonyl (C=O) groups is 1. The number of nitrogens with one attached hydrogen (secondary N) is 1. The van der Waals surface area contributed by atoms with E-state index in [9.17, 15) is 4.79 Å². The number of piperidine rings is 1. The predicted octanol–water partition coefficient (Wildman–Crippen LogP) is 2.00. The van der Waals surface area contributed by atoms with Crippen LogP contribution in [0.2, 0.25) is 0 Å². The second-order valence-corrected chi connectivity index (χ2v) is 5.02. The van der Waals surface area contributed by atoms with E-state index in [0.717, 1.165) is 38.2 Å². The van der Waals surface area contributed by atoms with Gasteiger partial charge in [-0.15, -0.1) is 0 Å². The van der Waals surface area contributed by atoms with Crippen LogP contribution in [-0.4, -0.2) is 43.7 Å². The van der Waals surface area contributed by atoms with Crippen LogP contribution < -0.4 is 5.32 Å². The molecule has 4 heteroatoms. The molecule has 19 heavy (non-hydrogen) atoms. The van der Waals surface area contributed by atoms with Crippen molar-refractivity contribution in [3.63, 3.8) is 0 Å². The highest BCUT2D eigenvalue weighted by Gasteiger charge is 2.24. The lowest BCUT2D eigenvalue weighted by Gasteiger charge is -2.31. The molecule has 0 aromatic carbocycles. The molecule has 0 saturated carbocycles. The number of nitrogens with zero attached hydrogens (tertiary/aromatic N) is 2. The zero-order valence-electron chi connectivity index (χ0n) is 12.3. The summed E-state index contributed by atoms with van der Waals surface area (Å²) in [5.74, 6) is 0.356. The molecule has 1 heterocycles. The third kappa shape index (κ3) is 5.39. The molecule has 0 spiro atoms. The van der Waals surface area contributed by atoms with Crippen molar-refractivity contribution in [1.29, 1.82) is 0 Å². The molecule has 0 aliphatic carbocycles. The van der Waals surface area contributed by atoms with Gasteiger partial charge in [0, 0.05) is 31.4 Å². The Labute approximate surface area is 116 Å². The average Bonchev–Trinajstić information content (AvgIpc) is 2.43. The van der Waals surface area contributed by atoms with E-state index >= 15 is 0 Å². The molecule has 0 unspecified atom stereocenters. The molecule has 4 nitrogen and oxygen atoms in total. The van der Waals surface area contributed by atoms with Crippen molar-refractivity contribution in [2.45, 2.75) is 26.7 Å². The highest BCUT2D eigenvalue weighted by molar-refractivity contribution is 5.80. The molecule has 1 aliphatic heterocycles. The highest BCUT2D eigenvalue weighted by Crippen LogP contribution is 2.17. The van der Waals surface area contributed by atoms with Gasteiger partial charge in [-0.05, 0) is 45.4 Å². The van der Waals surface area contributed by atoms with Crippen LogP contribution in [0.1, 0.15) is 26.7 Å². The van der Waals surface area contributed by atoms with Gasteiger partial charge in [-0.1, -0.05) is 12.7 Å². The van der Waals surface area contributed by atoms with Gasteiger partial charge in [-0.3, -0.25) is 14.7 Å². The van der Waals surface area contributed by atoms with Crippen LogP contribution in [0.25, 0.3) is 0 Å². The van der Waals surface area contributed by atoms with Gasteiger partial charge in [-0.2, -0.15) is 0 Å². The lowest BCUT2D eigenvalue weighted by atomic mass is 9.95. The van der Waals surface area contributed by atoms with Gasteiger partial charge in [-0.25, -0.2) is 0 Å². The minimum atomic E-state index is 0.176. The van der Waals surface area contributed by atoms with E-state index in [1.54, 1.807) is 7.05 Å². The van der Waals surface area contributed by atoms with Gasteiger partial charge < -0.3 is 5.32 Å². The zero-order valence-corrected chi connectivity index (χ0v) is 12.3. The first-order valence-electron chi connectivity index (χ1n) is 6.85. The lowest BCUT2D eigenvalue weighted by molar-refractivity contribution is -0.125. The molecule has 0 bridgehead atoms. The molecule has 1 N–H and O–H groups in total. The summed E-state index contributed by atoms with van der Waals surface area (Å²) in [5, 5.41) is 2.73. The van der Waals surface area contributed by atoms with Crippen molar-refractivity contribution in [2.75, 3.05) is 26.7 Å². The number of rotatable bonds is 5. The van der Waals surface area contributed by atoms with E-state index in [2.05, 4.69) is 27.9 Å². The number of hydrogen-bond acceptors (Lipinski definition) is 3. The Kier molecular flexibility index (Phi) is 6.50. The first-order chi connectivity index (χ1) is 9.06. The van der Waals surface area contributed by atoms with Gasteiger partial charge in [0.2, 0.25) is 5.91 Å². The molecular formula is C15H25N3O. The fourth-order valence-corrected chi connectivity index (χ4v) is 2.22. The molecular weight excluding hydrogens is 238 g/mol. The van der Waals surface area contributed by atoms with E-state index in [0.29, 0.717) is 0 Å². The van der Waals surface area contributed by atoms with Crippen LogP contribution >= 0.6 is 0 Å². The zero-order chi connectivity index (χ0) is 14.3. The SMILES string of the molecule is C=C(C)N=C/C(=C\C)CN1CCC(C(=O)NC)CC1. The van der Waals surface area contributed by atoms with Crippen molar-refractivity contribution in [1.82, 2.24) is 10.2 Å². The van der Waals surface area contributed by atoms with Gasteiger partial charge >= 0.3 is 0 Å². The summed E-state index contributed by atoms with van der Waals surface area (Å²) in [6, 6.07) is 0. The van der Waals surface area contributed by atoms with Crippen molar-refractivity contribution < 1.29 is 4.79 Å². The second-order valence-electron chi connectivity index (χ2n) is 5.02. The Morgan fingerprint density at radius 1 is 1.47 bits per heavy atom. The van der Waals surface area contributed by atoms with Crippen molar-refractivity contribution in [3.05, 3.63) is 23.9 Å². The summed E-state index contributed by atoms with van der Waals surface area (Å²) in [4.78, 5) is 18.2. The minimum absolute atomic E-state index is 0.176. The third-order valence-electron chi connectivity index (χ3n) is 3.43. The van der Waals surface area contributed by atoms with Gasteiger partial charge in [0.25, 0.3) is 0 Å². The summed E-state index contributed by atoms with van der Waals surface area (Å²) in [6.07, 6.45) is 5.84. The third-order valence-corrected chi connectivity index (χ3v) is 3.43. The molecule has 1 fully saturated rings. The molecule has 1 rings (SSSR count). The Morgan fingerprint density at radius 2 is 2.11 bits per heavy atom. The fraction of sp³-hybridized carbons (Fsp3) is 0.600. The number of hydrogen-bond donors (Lipinski definition) is 1. The van der Waals surface area contributed by atoms with Crippen LogP contribution in [-0.2, 0) is 4.79 Å². The summed E-state index contributed by atoms with van der Waals surface area (Å²) < 4.78 is 0. The first-order valence-corrected chi connectivity index (χ1v) is 6.85. The van der Waals surface area contributed by atoms with Gasteiger partial charge in [0.15, 0.2) is 0 Å². The van der Waals surface area contributed by atoms with Crippen LogP contribution in [0.3, 0.4) is 0 Å². The smallest absolute Gasteiger partial charge is 0.222 e. The molecule has 1 saturated heterocycles. The van der Waals surface area contributed by atoms with E-state index in [4.69, 9.17) is 0 Å². The maximum atomic E-state index is 11.6. The number of likely N-dealkylation sites (tertiary alicyclic amines) is 1. The van der Waals surface area contributed by atoms with E-state index in [1.165, 1.54) is 5.57 Å². The van der Waals surface area contributed by atoms with E-state index in [-0.39, 0.29) is 11.8 Å². The lowest BCUT2D eigenvalue weighted by Crippen LogP contribution is -2.40. The maximum absolute atomic E-state index is 11.6. The standard InChI is InChI=1S/C15H25N3O/c1-5-13(10-17-12(2)3)11-18-8-6-14(7-9-18)15(19)16-4/h5,10,14H,2,6-9,11H2,1,3-4H3,(H,16,19)/b13-5+,17-10?. The Bertz CT molecular complexity index is 377. The van der Waals surface area contributed by atoms with E-state index < -0.39 is 0 Å². The van der Waals surface area contributed by atoms with Crippen LogP contribution in [0.5, 0.6) is 0 Å². The highest BCUT2D eigenvalue weighted by atomic mass is 16.1.